The molecule has 1 aromatic carbocycles. The van der Waals surface area contributed by atoms with E-state index in [9.17, 15) is 9.90 Å². The van der Waals surface area contributed by atoms with Crippen LogP contribution in [0.15, 0.2) is 24.3 Å². The molecule has 1 N–H and O–H groups in total. The number of aliphatic hydroxyl groups is 1. The Hall–Kier alpha value is -1.55. The summed E-state index contributed by atoms with van der Waals surface area (Å²) >= 11 is 0. The van der Waals surface area contributed by atoms with Crippen molar-refractivity contribution in [3.8, 4) is 5.75 Å². The average molecular weight is 237 g/mol. The van der Waals surface area contributed by atoms with E-state index >= 15 is 0 Å². The predicted molar refractivity (Wildman–Crippen MR) is 65.9 cm³/mol. The summed E-state index contributed by atoms with van der Waals surface area (Å²) in [5.74, 6) is 0.551. The third-order valence-electron chi connectivity index (χ3n) is 2.51. The molecule has 0 aliphatic heterocycles. The highest BCUT2D eigenvalue weighted by Gasteiger charge is 2.06. The number of carbonyl (C=O) groups is 1. The molecule has 0 aliphatic rings. The van der Waals surface area contributed by atoms with Crippen molar-refractivity contribution in [3.05, 3.63) is 29.8 Å². The van der Waals surface area contributed by atoms with Gasteiger partial charge >= 0.3 is 0 Å². The van der Waals surface area contributed by atoms with E-state index in [0.717, 1.165) is 5.56 Å². The number of hydrogen-bond acceptors (Lipinski definition) is 3. The summed E-state index contributed by atoms with van der Waals surface area (Å²) in [6.07, 6.45) is 0.242. The van der Waals surface area contributed by atoms with Crippen molar-refractivity contribution in [2.24, 2.45) is 0 Å². The number of ether oxygens (including phenoxy) is 1. The van der Waals surface area contributed by atoms with Gasteiger partial charge in [-0.3, -0.25) is 4.79 Å². The Morgan fingerprint density at radius 2 is 1.94 bits per heavy atom. The van der Waals surface area contributed by atoms with E-state index in [1.807, 2.05) is 19.1 Å². The van der Waals surface area contributed by atoms with Crippen molar-refractivity contribution < 1.29 is 14.6 Å². The minimum Gasteiger partial charge on any atom is -0.484 e. The van der Waals surface area contributed by atoms with E-state index in [1.165, 1.54) is 4.90 Å². The molecule has 0 aliphatic carbocycles. The minimum absolute atomic E-state index is 0.0304. The summed E-state index contributed by atoms with van der Waals surface area (Å²) in [6, 6.07) is 7.14. The molecule has 0 spiro atoms. The summed E-state index contributed by atoms with van der Waals surface area (Å²) in [7, 11) is 3.37. The van der Waals surface area contributed by atoms with E-state index in [0.29, 0.717) is 12.2 Å². The van der Waals surface area contributed by atoms with Gasteiger partial charge in [-0.1, -0.05) is 19.1 Å². The Labute approximate surface area is 102 Å². The molecule has 1 aromatic rings. The Kier molecular flexibility index (Phi) is 4.97. The second-order valence-corrected chi connectivity index (χ2v) is 4.07. The Balaban J connectivity index is 2.54. The summed E-state index contributed by atoms with van der Waals surface area (Å²) in [6.45, 7) is 1.95. The number of nitrogens with zero attached hydrogens (tertiary/aromatic N) is 1. The summed E-state index contributed by atoms with van der Waals surface area (Å²) in [5, 5.41) is 9.61. The number of likely N-dealkylation sites (N-methyl/N-ethyl adjacent to an activating group) is 1. The highest BCUT2D eigenvalue weighted by atomic mass is 16.5. The lowest BCUT2D eigenvalue weighted by Gasteiger charge is -2.12. The van der Waals surface area contributed by atoms with Crippen LogP contribution in [0.25, 0.3) is 0 Å². The van der Waals surface area contributed by atoms with Crippen molar-refractivity contribution in [1.29, 1.82) is 0 Å². The first-order valence-corrected chi connectivity index (χ1v) is 5.65. The zero-order valence-electron chi connectivity index (χ0n) is 10.5. The van der Waals surface area contributed by atoms with Crippen LogP contribution in [0.3, 0.4) is 0 Å². The number of aliphatic hydroxyl groups excluding tert-OH is 1. The first kappa shape index (κ1) is 13.5. The van der Waals surface area contributed by atoms with Crippen LogP contribution in [-0.2, 0) is 4.79 Å². The van der Waals surface area contributed by atoms with E-state index in [-0.39, 0.29) is 12.5 Å². The van der Waals surface area contributed by atoms with E-state index in [2.05, 4.69) is 0 Å². The first-order chi connectivity index (χ1) is 8.04. The van der Waals surface area contributed by atoms with Crippen LogP contribution in [0, 0.1) is 0 Å². The van der Waals surface area contributed by atoms with Gasteiger partial charge in [-0.25, -0.2) is 0 Å². The number of amides is 1. The molecule has 4 nitrogen and oxygen atoms in total. The van der Waals surface area contributed by atoms with Crippen LogP contribution >= 0.6 is 0 Å². The highest BCUT2D eigenvalue weighted by Crippen LogP contribution is 2.19. The van der Waals surface area contributed by atoms with Crippen LogP contribution < -0.4 is 4.74 Å². The van der Waals surface area contributed by atoms with Gasteiger partial charge in [-0.05, 0) is 24.1 Å². The molecule has 0 aromatic heterocycles. The zero-order chi connectivity index (χ0) is 12.8. The van der Waals surface area contributed by atoms with Crippen molar-refractivity contribution >= 4 is 5.91 Å². The largest absolute Gasteiger partial charge is 0.484 e. The molecule has 1 atom stereocenters. The molecule has 0 saturated heterocycles. The van der Waals surface area contributed by atoms with Crippen molar-refractivity contribution in [1.82, 2.24) is 4.90 Å². The number of carbonyl (C=O) groups excluding carboxylic acids is 1. The van der Waals surface area contributed by atoms with Gasteiger partial charge in [0.25, 0.3) is 5.91 Å². The smallest absolute Gasteiger partial charge is 0.259 e. The lowest BCUT2D eigenvalue weighted by Crippen LogP contribution is -2.27. The second-order valence-electron chi connectivity index (χ2n) is 4.07. The average Bonchev–Trinajstić information content (AvgIpc) is 2.35. The number of rotatable bonds is 5. The van der Waals surface area contributed by atoms with Gasteiger partial charge in [-0.15, -0.1) is 0 Å². The molecule has 1 amide bonds. The fourth-order valence-corrected chi connectivity index (χ4v) is 1.30. The maximum absolute atomic E-state index is 11.3. The quantitative estimate of drug-likeness (QED) is 0.846. The fraction of sp³-hybridized carbons (Fsp3) is 0.462. The normalized spacial score (nSPS) is 12.0. The molecule has 1 rings (SSSR count). The van der Waals surface area contributed by atoms with Crippen LogP contribution in [0.5, 0.6) is 5.75 Å². The summed E-state index contributed by atoms with van der Waals surface area (Å²) in [5.41, 5.74) is 0.860. The van der Waals surface area contributed by atoms with Gasteiger partial charge in [-0.2, -0.15) is 0 Å². The van der Waals surface area contributed by atoms with Crippen LogP contribution in [0.4, 0.5) is 0 Å². The monoisotopic (exact) mass is 237 g/mol. The molecule has 4 heteroatoms. The Morgan fingerprint density at radius 1 is 1.35 bits per heavy atom. The lowest BCUT2D eigenvalue weighted by atomic mass is 10.1. The summed E-state index contributed by atoms with van der Waals surface area (Å²) < 4.78 is 5.32. The molecular formula is C13H19NO3. The van der Waals surface area contributed by atoms with Crippen LogP contribution in [-0.4, -0.2) is 36.6 Å². The van der Waals surface area contributed by atoms with E-state index in [1.54, 1.807) is 26.2 Å². The van der Waals surface area contributed by atoms with Gasteiger partial charge in [0.2, 0.25) is 0 Å². The standard InChI is InChI=1S/C13H19NO3/c1-4-12(15)10-5-7-11(8-6-10)17-9-13(16)14(2)3/h5-8,12,15H,4,9H2,1-3H3/t12-/m0/s1. The van der Waals surface area contributed by atoms with Gasteiger partial charge in [0.15, 0.2) is 6.61 Å². The van der Waals surface area contributed by atoms with Gasteiger partial charge in [0.1, 0.15) is 5.75 Å². The second kappa shape index (κ2) is 6.25. The van der Waals surface area contributed by atoms with Crippen LogP contribution in [0.1, 0.15) is 25.0 Å². The van der Waals surface area contributed by atoms with Crippen molar-refractivity contribution in [3.63, 3.8) is 0 Å². The number of hydrogen-bond donors (Lipinski definition) is 1. The highest BCUT2D eigenvalue weighted by molar-refractivity contribution is 5.77. The predicted octanol–water partition coefficient (Wildman–Crippen LogP) is 1.60. The van der Waals surface area contributed by atoms with Crippen molar-refractivity contribution in [2.75, 3.05) is 20.7 Å². The molecule has 0 unspecified atom stereocenters. The van der Waals surface area contributed by atoms with Crippen molar-refractivity contribution in [2.45, 2.75) is 19.4 Å². The Bertz CT molecular complexity index is 359. The molecule has 94 valence electrons. The molecule has 0 heterocycles. The zero-order valence-corrected chi connectivity index (χ0v) is 10.5. The maximum Gasteiger partial charge on any atom is 0.259 e. The summed E-state index contributed by atoms with van der Waals surface area (Å²) in [4.78, 5) is 12.8. The molecule has 0 radical (unpaired) electrons. The molecule has 0 fully saturated rings. The fourth-order valence-electron chi connectivity index (χ4n) is 1.30. The SMILES string of the molecule is CC[C@H](O)c1ccc(OCC(=O)N(C)C)cc1. The topological polar surface area (TPSA) is 49.8 Å². The lowest BCUT2D eigenvalue weighted by molar-refractivity contribution is -0.130. The molecule has 0 saturated carbocycles. The van der Waals surface area contributed by atoms with E-state index < -0.39 is 6.10 Å². The van der Waals surface area contributed by atoms with Gasteiger partial charge in [0.05, 0.1) is 6.10 Å². The van der Waals surface area contributed by atoms with Gasteiger partial charge < -0.3 is 14.7 Å². The molecule has 17 heavy (non-hydrogen) atoms. The van der Waals surface area contributed by atoms with Gasteiger partial charge in [0, 0.05) is 14.1 Å². The third kappa shape index (κ3) is 4.07. The molecule has 0 bridgehead atoms. The first-order valence-electron chi connectivity index (χ1n) is 5.65. The minimum atomic E-state index is -0.438. The Morgan fingerprint density at radius 3 is 2.41 bits per heavy atom. The third-order valence-corrected chi connectivity index (χ3v) is 2.51. The molecular weight excluding hydrogens is 218 g/mol. The maximum atomic E-state index is 11.3. The number of benzene rings is 1. The van der Waals surface area contributed by atoms with Crippen LogP contribution in [0.2, 0.25) is 0 Å². The van der Waals surface area contributed by atoms with E-state index in [4.69, 9.17) is 4.74 Å².